The highest BCUT2D eigenvalue weighted by molar-refractivity contribution is 9.10. The molecule has 1 saturated heterocycles. The zero-order chi connectivity index (χ0) is 14.0. The first-order chi connectivity index (χ1) is 9.00. The molecule has 1 atom stereocenters. The van der Waals surface area contributed by atoms with Crippen molar-refractivity contribution >= 4 is 33.4 Å². The fourth-order valence-electron chi connectivity index (χ4n) is 2.16. The SMILES string of the molecule is CC(C)C1NC(=O)CCN(c2ccccc2Br)C1=O. The molecule has 102 valence electrons. The molecule has 0 saturated carbocycles. The van der Waals surface area contributed by atoms with E-state index in [1.54, 1.807) is 4.90 Å². The van der Waals surface area contributed by atoms with Crippen molar-refractivity contribution in [1.82, 2.24) is 5.32 Å². The molecule has 1 N–H and O–H groups in total. The monoisotopic (exact) mass is 324 g/mol. The third-order valence-corrected chi connectivity index (χ3v) is 3.89. The van der Waals surface area contributed by atoms with Crippen LogP contribution in [0.15, 0.2) is 28.7 Å². The van der Waals surface area contributed by atoms with Gasteiger partial charge in [0.1, 0.15) is 6.04 Å². The number of anilines is 1. The molecular weight excluding hydrogens is 308 g/mol. The Morgan fingerprint density at radius 3 is 2.63 bits per heavy atom. The highest BCUT2D eigenvalue weighted by Crippen LogP contribution is 2.28. The van der Waals surface area contributed by atoms with Gasteiger partial charge < -0.3 is 10.2 Å². The molecular formula is C14H17BrN2O2. The van der Waals surface area contributed by atoms with Crippen LogP contribution in [0, 0.1) is 5.92 Å². The minimum absolute atomic E-state index is 0.0484. The van der Waals surface area contributed by atoms with E-state index in [9.17, 15) is 9.59 Å². The molecule has 1 unspecified atom stereocenters. The Morgan fingerprint density at radius 2 is 2.00 bits per heavy atom. The average molecular weight is 325 g/mol. The van der Waals surface area contributed by atoms with E-state index in [1.165, 1.54) is 0 Å². The van der Waals surface area contributed by atoms with Crippen molar-refractivity contribution in [3.8, 4) is 0 Å². The van der Waals surface area contributed by atoms with Gasteiger partial charge in [-0.3, -0.25) is 9.59 Å². The number of benzene rings is 1. The highest BCUT2D eigenvalue weighted by Gasteiger charge is 2.33. The molecule has 0 radical (unpaired) electrons. The summed E-state index contributed by atoms with van der Waals surface area (Å²) >= 11 is 3.46. The van der Waals surface area contributed by atoms with Gasteiger partial charge in [0.2, 0.25) is 11.8 Å². The van der Waals surface area contributed by atoms with Gasteiger partial charge in [-0.05, 0) is 34.0 Å². The number of carbonyl (C=O) groups is 2. The fourth-order valence-corrected chi connectivity index (χ4v) is 2.66. The minimum atomic E-state index is -0.456. The van der Waals surface area contributed by atoms with Crippen molar-refractivity contribution in [2.75, 3.05) is 11.4 Å². The molecule has 1 aromatic carbocycles. The first-order valence-electron chi connectivity index (χ1n) is 6.36. The minimum Gasteiger partial charge on any atom is -0.344 e. The Labute approximate surface area is 121 Å². The van der Waals surface area contributed by atoms with Crippen LogP contribution >= 0.6 is 15.9 Å². The van der Waals surface area contributed by atoms with E-state index in [0.717, 1.165) is 10.2 Å². The summed E-state index contributed by atoms with van der Waals surface area (Å²) in [5.41, 5.74) is 0.814. The van der Waals surface area contributed by atoms with Gasteiger partial charge >= 0.3 is 0 Å². The number of halogens is 1. The van der Waals surface area contributed by atoms with Crippen LogP contribution in [-0.4, -0.2) is 24.4 Å². The van der Waals surface area contributed by atoms with E-state index >= 15 is 0 Å². The Bertz CT molecular complexity index is 502. The van der Waals surface area contributed by atoms with Crippen molar-refractivity contribution in [3.05, 3.63) is 28.7 Å². The van der Waals surface area contributed by atoms with Crippen LogP contribution in [0.5, 0.6) is 0 Å². The summed E-state index contributed by atoms with van der Waals surface area (Å²) in [5.74, 6) is -0.0473. The number of carbonyl (C=O) groups excluding carboxylic acids is 2. The quantitative estimate of drug-likeness (QED) is 0.907. The summed E-state index contributed by atoms with van der Waals surface area (Å²) in [4.78, 5) is 26.0. The summed E-state index contributed by atoms with van der Waals surface area (Å²) in [6, 6.07) is 7.11. The molecule has 2 amide bonds. The van der Waals surface area contributed by atoms with Crippen molar-refractivity contribution < 1.29 is 9.59 Å². The summed E-state index contributed by atoms with van der Waals surface area (Å²) < 4.78 is 0.861. The normalized spacial score (nSPS) is 20.4. The summed E-state index contributed by atoms with van der Waals surface area (Å²) in [7, 11) is 0. The number of amides is 2. The van der Waals surface area contributed by atoms with Gasteiger partial charge in [0, 0.05) is 17.4 Å². The van der Waals surface area contributed by atoms with E-state index < -0.39 is 6.04 Å². The smallest absolute Gasteiger partial charge is 0.249 e. The fraction of sp³-hybridized carbons (Fsp3) is 0.429. The third kappa shape index (κ3) is 2.97. The molecule has 19 heavy (non-hydrogen) atoms. The Hall–Kier alpha value is -1.36. The van der Waals surface area contributed by atoms with E-state index in [0.29, 0.717) is 13.0 Å². The van der Waals surface area contributed by atoms with Gasteiger partial charge in [0.15, 0.2) is 0 Å². The number of nitrogens with one attached hydrogen (secondary N) is 1. The van der Waals surface area contributed by atoms with Gasteiger partial charge in [-0.2, -0.15) is 0 Å². The first-order valence-corrected chi connectivity index (χ1v) is 7.15. The van der Waals surface area contributed by atoms with Crippen molar-refractivity contribution in [1.29, 1.82) is 0 Å². The first kappa shape index (κ1) is 14.1. The third-order valence-electron chi connectivity index (χ3n) is 3.22. The Kier molecular flexibility index (Phi) is 4.24. The van der Waals surface area contributed by atoms with Gasteiger partial charge in [-0.1, -0.05) is 26.0 Å². The molecule has 0 bridgehead atoms. The number of hydrogen-bond donors (Lipinski definition) is 1. The number of rotatable bonds is 2. The van der Waals surface area contributed by atoms with Gasteiger partial charge in [-0.25, -0.2) is 0 Å². The molecule has 0 aliphatic carbocycles. The second-order valence-electron chi connectivity index (χ2n) is 4.98. The van der Waals surface area contributed by atoms with Crippen LogP contribution in [0.3, 0.4) is 0 Å². The predicted molar refractivity (Wildman–Crippen MR) is 77.9 cm³/mol. The van der Waals surface area contributed by atoms with Gasteiger partial charge in [0.05, 0.1) is 5.69 Å². The maximum absolute atomic E-state index is 12.6. The van der Waals surface area contributed by atoms with E-state index in [2.05, 4.69) is 21.2 Å². The number of para-hydroxylation sites is 1. The molecule has 1 heterocycles. The summed E-state index contributed by atoms with van der Waals surface area (Å²) in [6.45, 7) is 4.29. The van der Waals surface area contributed by atoms with Crippen LogP contribution in [0.25, 0.3) is 0 Å². The largest absolute Gasteiger partial charge is 0.344 e. The van der Waals surface area contributed by atoms with E-state index in [-0.39, 0.29) is 17.7 Å². The Balaban J connectivity index is 2.36. The predicted octanol–water partition coefficient (Wildman–Crippen LogP) is 2.33. The average Bonchev–Trinajstić information content (AvgIpc) is 2.51. The molecule has 1 fully saturated rings. The zero-order valence-corrected chi connectivity index (χ0v) is 12.6. The Morgan fingerprint density at radius 1 is 1.32 bits per heavy atom. The van der Waals surface area contributed by atoms with Crippen LogP contribution < -0.4 is 10.2 Å². The van der Waals surface area contributed by atoms with Crippen LogP contribution in [0.2, 0.25) is 0 Å². The lowest BCUT2D eigenvalue weighted by Gasteiger charge is -2.26. The molecule has 5 heteroatoms. The second kappa shape index (κ2) is 5.74. The van der Waals surface area contributed by atoms with E-state index in [1.807, 2.05) is 38.1 Å². The highest BCUT2D eigenvalue weighted by atomic mass is 79.9. The zero-order valence-electron chi connectivity index (χ0n) is 11.0. The number of nitrogens with zero attached hydrogens (tertiary/aromatic N) is 1. The lowest BCUT2D eigenvalue weighted by molar-refractivity contribution is -0.126. The second-order valence-corrected chi connectivity index (χ2v) is 5.83. The lowest BCUT2D eigenvalue weighted by Crippen LogP contribution is -2.47. The van der Waals surface area contributed by atoms with Crippen molar-refractivity contribution in [2.24, 2.45) is 5.92 Å². The molecule has 4 nitrogen and oxygen atoms in total. The van der Waals surface area contributed by atoms with Crippen molar-refractivity contribution in [3.63, 3.8) is 0 Å². The maximum Gasteiger partial charge on any atom is 0.249 e. The van der Waals surface area contributed by atoms with Gasteiger partial charge in [-0.15, -0.1) is 0 Å². The van der Waals surface area contributed by atoms with E-state index in [4.69, 9.17) is 0 Å². The van der Waals surface area contributed by atoms with Crippen molar-refractivity contribution in [2.45, 2.75) is 26.3 Å². The van der Waals surface area contributed by atoms with Crippen LogP contribution in [0.1, 0.15) is 20.3 Å². The summed E-state index contributed by atoms with van der Waals surface area (Å²) in [6.07, 6.45) is 0.330. The van der Waals surface area contributed by atoms with Gasteiger partial charge in [0.25, 0.3) is 0 Å². The molecule has 2 rings (SSSR count). The standard InChI is InChI=1S/C14H17BrN2O2/c1-9(2)13-14(19)17(8-7-12(18)16-13)11-6-4-3-5-10(11)15/h3-6,9,13H,7-8H2,1-2H3,(H,16,18). The van der Waals surface area contributed by atoms with Crippen LogP contribution in [0.4, 0.5) is 5.69 Å². The van der Waals surface area contributed by atoms with Crippen LogP contribution in [-0.2, 0) is 9.59 Å². The lowest BCUT2D eigenvalue weighted by atomic mass is 10.0. The topological polar surface area (TPSA) is 49.4 Å². The summed E-state index contributed by atoms with van der Waals surface area (Å²) in [5, 5.41) is 2.80. The molecule has 1 aliphatic rings. The molecule has 0 aromatic heterocycles. The molecule has 1 aromatic rings. The maximum atomic E-state index is 12.6. The molecule has 1 aliphatic heterocycles. The number of hydrogen-bond acceptors (Lipinski definition) is 2. The molecule has 0 spiro atoms.